The third-order valence-electron chi connectivity index (χ3n) is 5.30. The molecule has 5 heteroatoms. The molecule has 1 aliphatic heterocycles. The zero-order valence-corrected chi connectivity index (χ0v) is 18.0. The van der Waals surface area contributed by atoms with Crippen LogP contribution in [0.15, 0.2) is 84.0 Å². The number of aromatic nitrogens is 1. The van der Waals surface area contributed by atoms with Gasteiger partial charge in [-0.3, -0.25) is 4.79 Å². The number of para-hydroxylation sites is 1. The zero-order chi connectivity index (χ0) is 22.0. The lowest BCUT2D eigenvalue weighted by molar-refractivity contribution is -0.114. The average molecular weight is 412 g/mol. The minimum Gasteiger partial charge on any atom is -0.490 e. The maximum Gasteiger partial charge on any atom is 0.280 e. The molecule has 0 saturated heterocycles. The summed E-state index contributed by atoms with van der Waals surface area (Å²) in [4.78, 5) is 13.0. The molecular formula is C26H25N3O2. The molecule has 0 aliphatic carbocycles. The van der Waals surface area contributed by atoms with Crippen molar-refractivity contribution in [2.24, 2.45) is 5.10 Å². The summed E-state index contributed by atoms with van der Waals surface area (Å²) < 4.78 is 7.75. The van der Waals surface area contributed by atoms with Gasteiger partial charge in [0.1, 0.15) is 12.4 Å². The Morgan fingerprint density at radius 2 is 1.71 bits per heavy atom. The number of rotatable bonds is 6. The van der Waals surface area contributed by atoms with E-state index in [0.29, 0.717) is 17.9 Å². The van der Waals surface area contributed by atoms with Crippen molar-refractivity contribution in [2.75, 3.05) is 11.6 Å². The molecule has 3 aromatic rings. The van der Waals surface area contributed by atoms with Crippen LogP contribution in [0.25, 0.3) is 11.8 Å². The summed E-state index contributed by atoms with van der Waals surface area (Å²) >= 11 is 0. The highest BCUT2D eigenvalue weighted by atomic mass is 16.5. The van der Waals surface area contributed by atoms with E-state index in [1.807, 2.05) is 67.6 Å². The Kier molecular flexibility index (Phi) is 5.58. The Balaban J connectivity index is 1.65. The molecule has 0 saturated carbocycles. The average Bonchev–Trinajstić information content (AvgIpc) is 3.23. The molecule has 2 aromatic carbocycles. The number of anilines is 1. The summed E-state index contributed by atoms with van der Waals surface area (Å²) in [6.45, 7) is 10.1. The van der Waals surface area contributed by atoms with Crippen molar-refractivity contribution < 1.29 is 9.53 Å². The second-order valence-electron chi connectivity index (χ2n) is 7.45. The number of nitrogens with zero attached hydrogens (tertiary/aromatic N) is 3. The Labute approximate surface area is 182 Å². The molecule has 0 radical (unpaired) electrons. The quantitative estimate of drug-likeness (QED) is 0.399. The molecule has 0 atom stereocenters. The van der Waals surface area contributed by atoms with Crippen molar-refractivity contribution in [3.63, 3.8) is 0 Å². The predicted molar refractivity (Wildman–Crippen MR) is 126 cm³/mol. The monoisotopic (exact) mass is 411 g/mol. The fraction of sp³-hybridized carbons (Fsp3) is 0.154. The molecule has 4 rings (SSSR count). The first-order valence-electron chi connectivity index (χ1n) is 10.2. The fourth-order valence-corrected chi connectivity index (χ4v) is 3.76. The van der Waals surface area contributed by atoms with Gasteiger partial charge in [-0.15, -0.1) is 0 Å². The van der Waals surface area contributed by atoms with Crippen LogP contribution in [0.5, 0.6) is 5.75 Å². The van der Waals surface area contributed by atoms with E-state index in [2.05, 4.69) is 36.2 Å². The van der Waals surface area contributed by atoms with Crippen LogP contribution in [0.3, 0.4) is 0 Å². The first-order valence-corrected chi connectivity index (χ1v) is 10.2. The van der Waals surface area contributed by atoms with E-state index in [-0.39, 0.29) is 5.91 Å². The standard InChI is InChI=1S/C26H25N3O2/c1-5-15-31-24-13-11-22(12-14-24)28-18(2)16-21(20(28)4)17-25-19(3)27-29(26(25)30)23-9-7-6-8-10-23/h5-14,16-17H,1,15H2,2-4H3/b25-17+. The van der Waals surface area contributed by atoms with Gasteiger partial charge >= 0.3 is 0 Å². The van der Waals surface area contributed by atoms with Crippen molar-refractivity contribution in [2.45, 2.75) is 20.8 Å². The van der Waals surface area contributed by atoms with Gasteiger partial charge in [-0.05, 0) is 74.9 Å². The number of hydrogen-bond acceptors (Lipinski definition) is 3. The summed E-state index contributed by atoms with van der Waals surface area (Å²) in [7, 11) is 0. The summed E-state index contributed by atoms with van der Waals surface area (Å²) in [5.74, 6) is 0.690. The van der Waals surface area contributed by atoms with Crippen LogP contribution in [-0.4, -0.2) is 22.8 Å². The highest BCUT2D eigenvalue weighted by molar-refractivity contribution is 6.32. The molecule has 0 bridgehead atoms. The Morgan fingerprint density at radius 1 is 1.00 bits per heavy atom. The Bertz CT molecular complexity index is 1190. The second-order valence-corrected chi connectivity index (χ2v) is 7.45. The van der Waals surface area contributed by atoms with Crippen molar-refractivity contribution in [1.82, 2.24) is 4.57 Å². The van der Waals surface area contributed by atoms with E-state index in [1.54, 1.807) is 6.08 Å². The number of carbonyl (C=O) groups excluding carboxylic acids is 1. The summed E-state index contributed by atoms with van der Waals surface area (Å²) in [5.41, 5.74) is 6.27. The van der Waals surface area contributed by atoms with Gasteiger partial charge < -0.3 is 9.30 Å². The van der Waals surface area contributed by atoms with E-state index >= 15 is 0 Å². The molecule has 5 nitrogen and oxygen atoms in total. The lowest BCUT2D eigenvalue weighted by Gasteiger charge is -2.11. The van der Waals surface area contributed by atoms with Gasteiger partial charge in [-0.2, -0.15) is 10.1 Å². The van der Waals surface area contributed by atoms with Crippen LogP contribution in [0.1, 0.15) is 23.9 Å². The van der Waals surface area contributed by atoms with Gasteiger partial charge in [0.2, 0.25) is 0 Å². The molecule has 2 heterocycles. The van der Waals surface area contributed by atoms with Crippen LogP contribution >= 0.6 is 0 Å². The van der Waals surface area contributed by atoms with Crippen LogP contribution < -0.4 is 9.75 Å². The number of carbonyl (C=O) groups is 1. The molecule has 1 amide bonds. The first-order chi connectivity index (χ1) is 15.0. The van der Waals surface area contributed by atoms with E-state index in [4.69, 9.17) is 4.74 Å². The topological polar surface area (TPSA) is 46.8 Å². The molecule has 156 valence electrons. The van der Waals surface area contributed by atoms with Crippen molar-refractivity contribution >= 4 is 23.4 Å². The normalized spacial score (nSPS) is 14.8. The van der Waals surface area contributed by atoms with E-state index in [0.717, 1.165) is 34.1 Å². The zero-order valence-electron chi connectivity index (χ0n) is 18.0. The third-order valence-corrected chi connectivity index (χ3v) is 5.30. The van der Waals surface area contributed by atoms with Crippen LogP contribution in [0, 0.1) is 13.8 Å². The van der Waals surface area contributed by atoms with Crippen molar-refractivity contribution in [1.29, 1.82) is 0 Å². The highest BCUT2D eigenvalue weighted by Gasteiger charge is 2.29. The number of hydrazone groups is 1. The maximum atomic E-state index is 13.0. The summed E-state index contributed by atoms with van der Waals surface area (Å²) in [6, 6.07) is 19.5. The van der Waals surface area contributed by atoms with Gasteiger partial charge in [-0.25, -0.2) is 0 Å². The number of aryl methyl sites for hydroxylation is 1. The van der Waals surface area contributed by atoms with E-state index < -0.39 is 0 Å². The van der Waals surface area contributed by atoms with Gasteiger partial charge in [0, 0.05) is 17.1 Å². The van der Waals surface area contributed by atoms with Gasteiger partial charge in [0.05, 0.1) is 17.0 Å². The predicted octanol–water partition coefficient (Wildman–Crippen LogP) is 5.47. The summed E-state index contributed by atoms with van der Waals surface area (Å²) in [6.07, 6.45) is 3.66. The lowest BCUT2D eigenvalue weighted by Crippen LogP contribution is -2.21. The van der Waals surface area contributed by atoms with Crippen LogP contribution in [0.4, 0.5) is 5.69 Å². The second kappa shape index (κ2) is 8.48. The highest BCUT2D eigenvalue weighted by Crippen LogP contribution is 2.28. The van der Waals surface area contributed by atoms with Crippen molar-refractivity contribution in [3.8, 4) is 11.4 Å². The minimum absolute atomic E-state index is 0.114. The Hall–Kier alpha value is -3.86. The van der Waals surface area contributed by atoms with E-state index in [1.165, 1.54) is 5.01 Å². The number of benzene rings is 2. The summed E-state index contributed by atoms with van der Waals surface area (Å²) in [5, 5.41) is 5.93. The molecule has 1 aliphatic rings. The smallest absolute Gasteiger partial charge is 0.280 e. The SMILES string of the molecule is C=CCOc1ccc(-n2c(C)cc(/C=C3/C(=O)N(c4ccccc4)N=C3C)c2C)cc1. The number of hydrogen-bond donors (Lipinski definition) is 0. The molecule has 0 spiro atoms. The first kappa shape index (κ1) is 20.4. The largest absolute Gasteiger partial charge is 0.490 e. The number of amides is 1. The molecule has 0 unspecified atom stereocenters. The molecule has 0 N–H and O–H groups in total. The van der Waals surface area contributed by atoms with Crippen LogP contribution in [0.2, 0.25) is 0 Å². The van der Waals surface area contributed by atoms with Gasteiger partial charge in [0.15, 0.2) is 0 Å². The molecule has 1 aromatic heterocycles. The van der Waals surface area contributed by atoms with Crippen LogP contribution in [-0.2, 0) is 4.79 Å². The van der Waals surface area contributed by atoms with Gasteiger partial charge in [0.25, 0.3) is 5.91 Å². The molecular weight excluding hydrogens is 386 g/mol. The molecule has 0 fully saturated rings. The minimum atomic E-state index is -0.114. The van der Waals surface area contributed by atoms with E-state index in [9.17, 15) is 4.79 Å². The third kappa shape index (κ3) is 3.94. The molecule has 31 heavy (non-hydrogen) atoms. The fourth-order valence-electron chi connectivity index (χ4n) is 3.76. The lowest BCUT2D eigenvalue weighted by atomic mass is 10.1. The van der Waals surface area contributed by atoms with Crippen molar-refractivity contribution in [3.05, 3.63) is 95.8 Å². The maximum absolute atomic E-state index is 13.0. The van der Waals surface area contributed by atoms with Gasteiger partial charge in [-0.1, -0.05) is 30.9 Å². The number of ether oxygens (including phenoxy) is 1. The Morgan fingerprint density at radius 3 is 2.39 bits per heavy atom.